The Labute approximate surface area is 106 Å². The zero-order valence-electron chi connectivity index (χ0n) is 9.35. The Morgan fingerprint density at radius 1 is 1.24 bits per heavy atom. The van der Waals surface area contributed by atoms with Gasteiger partial charge in [-0.1, -0.05) is 28.6 Å². The van der Waals surface area contributed by atoms with Crippen molar-refractivity contribution in [2.24, 2.45) is 0 Å². The summed E-state index contributed by atoms with van der Waals surface area (Å²) >= 11 is 5.70. The summed E-state index contributed by atoms with van der Waals surface area (Å²) in [5.74, 6) is -0.156. The Morgan fingerprint density at radius 3 is 2.47 bits per heavy atom. The fraction of sp³-hybridized carbons (Fsp3) is 0.400. The number of hydrogen-bond donors (Lipinski definition) is 1. The molecule has 0 unspecified atom stereocenters. The molecule has 0 saturated carbocycles. The van der Waals surface area contributed by atoms with Crippen LogP contribution in [-0.4, -0.2) is 28.7 Å². The van der Waals surface area contributed by atoms with Gasteiger partial charge in [-0.05, 0) is 17.7 Å². The maximum atomic E-state index is 11.5. The topological polar surface area (TPSA) is 64.6 Å². The van der Waals surface area contributed by atoms with Crippen LogP contribution in [-0.2, 0) is 25.4 Å². The molecule has 0 saturated heterocycles. The number of nitrogens with one attached hydrogen (secondary N) is 1. The monoisotopic (exact) mass is 279 g/mol. The fourth-order valence-electron chi connectivity index (χ4n) is 1.09. The Balaban J connectivity index is 2.46. The van der Waals surface area contributed by atoms with E-state index in [0.29, 0.717) is 17.2 Å². The van der Waals surface area contributed by atoms with Crippen molar-refractivity contribution in [3.05, 3.63) is 34.9 Å². The van der Waals surface area contributed by atoms with Crippen LogP contribution in [0.5, 0.6) is 0 Å². The van der Waals surface area contributed by atoms with E-state index in [1.165, 1.54) is 7.11 Å². The van der Waals surface area contributed by atoms with Gasteiger partial charge in [0.1, 0.15) is 0 Å². The molecule has 96 valence electrons. The normalized spacial score (nSPS) is 11.6. The minimum absolute atomic E-state index is 0.156. The number of rotatable bonds is 7. The Bertz CT molecular complexity index is 432. The third-order valence-electron chi connectivity index (χ3n) is 1.85. The van der Waals surface area contributed by atoms with Crippen molar-refractivity contribution in [2.75, 3.05) is 20.3 Å². The van der Waals surface area contributed by atoms with Crippen LogP contribution in [0.1, 0.15) is 5.56 Å². The minimum atomic E-state index is -3.50. The van der Waals surface area contributed by atoms with Crippen molar-refractivity contribution in [2.45, 2.75) is 5.75 Å². The SMILES string of the molecule is COCCONS(=O)(=O)Cc1ccc(Cl)cc1. The van der Waals surface area contributed by atoms with Gasteiger partial charge < -0.3 is 4.74 Å². The van der Waals surface area contributed by atoms with Crippen molar-refractivity contribution in [1.82, 2.24) is 4.89 Å². The van der Waals surface area contributed by atoms with Gasteiger partial charge >= 0.3 is 0 Å². The molecule has 0 spiro atoms. The van der Waals surface area contributed by atoms with Crippen LogP contribution >= 0.6 is 11.6 Å². The van der Waals surface area contributed by atoms with E-state index in [2.05, 4.69) is 0 Å². The van der Waals surface area contributed by atoms with E-state index in [9.17, 15) is 8.42 Å². The first-order valence-electron chi connectivity index (χ1n) is 4.88. The van der Waals surface area contributed by atoms with E-state index in [0.717, 1.165) is 0 Å². The first-order valence-corrected chi connectivity index (χ1v) is 6.91. The average molecular weight is 280 g/mol. The summed E-state index contributed by atoms with van der Waals surface area (Å²) in [6.07, 6.45) is 0. The molecule has 0 amide bonds. The predicted molar refractivity (Wildman–Crippen MR) is 65.0 cm³/mol. The molecule has 7 heteroatoms. The van der Waals surface area contributed by atoms with Crippen LogP contribution in [0.4, 0.5) is 0 Å². The third kappa shape index (κ3) is 5.99. The number of benzene rings is 1. The molecule has 0 atom stereocenters. The highest BCUT2D eigenvalue weighted by molar-refractivity contribution is 7.88. The van der Waals surface area contributed by atoms with Gasteiger partial charge in [-0.2, -0.15) is 0 Å². The van der Waals surface area contributed by atoms with Crippen molar-refractivity contribution < 1.29 is 18.0 Å². The highest BCUT2D eigenvalue weighted by Gasteiger charge is 2.11. The van der Waals surface area contributed by atoms with Crippen LogP contribution in [0, 0.1) is 0 Å². The number of ether oxygens (including phenoxy) is 1. The standard InChI is InChI=1S/C10H14ClNO4S/c1-15-6-7-16-12-17(13,14)8-9-2-4-10(11)5-3-9/h2-5,12H,6-8H2,1H3. The Hall–Kier alpha value is -0.660. The smallest absolute Gasteiger partial charge is 0.237 e. The maximum Gasteiger partial charge on any atom is 0.237 e. The van der Waals surface area contributed by atoms with Gasteiger partial charge in [-0.3, -0.25) is 4.84 Å². The molecule has 0 bridgehead atoms. The zero-order chi connectivity index (χ0) is 12.7. The lowest BCUT2D eigenvalue weighted by Crippen LogP contribution is -2.26. The van der Waals surface area contributed by atoms with Crippen molar-refractivity contribution >= 4 is 21.6 Å². The second kappa shape index (κ2) is 6.93. The molecule has 1 aromatic rings. The van der Waals surface area contributed by atoms with Crippen LogP contribution in [0.25, 0.3) is 0 Å². The number of methoxy groups -OCH3 is 1. The second-order valence-electron chi connectivity index (χ2n) is 3.31. The molecule has 0 heterocycles. The van der Waals surface area contributed by atoms with Crippen LogP contribution in [0.15, 0.2) is 24.3 Å². The summed E-state index contributed by atoms with van der Waals surface area (Å²) in [6, 6.07) is 6.57. The second-order valence-corrected chi connectivity index (χ2v) is 5.43. The van der Waals surface area contributed by atoms with E-state index in [-0.39, 0.29) is 12.4 Å². The molecule has 5 nitrogen and oxygen atoms in total. The molecule has 0 aliphatic rings. The first-order chi connectivity index (χ1) is 8.03. The van der Waals surface area contributed by atoms with Gasteiger partial charge in [0.2, 0.25) is 10.0 Å². The van der Waals surface area contributed by atoms with E-state index >= 15 is 0 Å². The van der Waals surface area contributed by atoms with Crippen molar-refractivity contribution in [3.8, 4) is 0 Å². The predicted octanol–water partition coefficient (Wildman–Crippen LogP) is 1.34. The number of halogens is 1. The summed E-state index contributed by atoms with van der Waals surface area (Å²) in [7, 11) is -1.99. The third-order valence-corrected chi connectivity index (χ3v) is 3.18. The summed E-state index contributed by atoms with van der Waals surface area (Å²) in [5.41, 5.74) is 0.636. The van der Waals surface area contributed by atoms with Gasteiger partial charge in [-0.25, -0.2) is 8.42 Å². The summed E-state index contributed by atoms with van der Waals surface area (Å²) in [4.78, 5) is 6.76. The van der Waals surface area contributed by atoms with Gasteiger partial charge in [0, 0.05) is 12.1 Å². The zero-order valence-corrected chi connectivity index (χ0v) is 10.9. The molecular formula is C10H14ClNO4S. The van der Waals surface area contributed by atoms with Gasteiger partial charge in [-0.15, -0.1) is 0 Å². The Kier molecular flexibility index (Phi) is 5.87. The molecule has 1 aromatic carbocycles. The molecule has 0 radical (unpaired) electrons. The number of sulfonamides is 1. The summed E-state index contributed by atoms with van der Waals surface area (Å²) < 4.78 is 27.8. The highest BCUT2D eigenvalue weighted by atomic mass is 35.5. The summed E-state index contributed by atoms with van der Waals surface area (Å²) in [5, 5.41) is 0.565. The van der Waals surface area contributed by atoms with Crippen LogP contribution < -0.4 is 4.89 Å². The summed E-state index contributed by atoms with van der Waals surface area (Å²) in [6.45, 7) is 0.486. The molecule has 0 aliphatic heterocycles. The van der Waals surface area contributed by atoms with E-state index in [4.69, 9.17) is 21.2 Å². The molecular weight excluding hydrogens is 266 g/mol. The van der Waals surface area contributed by atoms with Crippen molar-refractivity contribution in [1.29, 1.82) is 0 Å². The largest absolute Gasteiger partial charge is 0.382 e. The molecule has 1 N–H and O–H groups in total. The lowest BCUT2D eigenvalue weighted by Gasteiger charge is -2.06. The van der Waals surface area contributed by atoms with E-state index < -0.39 is 10.0 Å². The average Bonchev–Trinajstić information content (AvgIpc) is 2.27. The molecule has 17 heavy (non-hydrogen) atoms. The van der Waals surface area contributed by atoms with Gasteiger partial charge in [0.05, 0.1) is 19.0 Å². The van der Waals surface area contributed by atoms with Gasteiger partial charge in [0.25, 0.3) is 0 Å². The van der Waals surface area contributed by atoms with Crippen LogP contribution in [0.2, 0.25) is 5.02 Å². The molecule has 0 aromatic heterocycles. The minimum Gasteiger partial charge on any atom is -0.382 e. The quantitative estimate of drug-likeness (QED) is 0.604. The van der Waals surface area contributed by atoms with Crippen molar-refractivity contribution in [3.63, 3.8) is 0 Å². The molecule has 0 fully saturated rings. The lowest BCUT2D eigenvalue weighted by molar-refractivity contribution is 0.0438. The molecule has 0 aliphatic carbocycles. The Morgan fingerprint density at radius 2 is 1.88 bits per heavy atom. The van der Waals surface area contributed by atoms with Crippen LogP contribution in [0.3, 0.4) is 0 Å². The van der Waals surface area contributed by atoms with Gasteiger partial charge in [0.15, 0.2) is 0 Å². The highest BCUT2D eigenvalue weighted by Crippen LogP contribution is 2.11. The maximum absolute atomic E-state index is 11.5. The molecule has 1 rings (SSSR count). The van der Waals surface area contributed by atoms with E-state index in [1.807, 2.05) is 4.89 Å². The van der Waals surface area contributed by atoms with E-state index in [1.54, 1.807) is 24.3 Å². The first kappa shape index (κ1) is 14.4. The number of hydrogen-bond acceptors (Lipinski definition) is 4. The fourth-order valence-corrected chi connectivity index (χ4v) is 2.17. The lowest BCUT2D eigenvalue weighted by atomic mass is 10.2.